The standard InChI is InChI=1S/C11H14BrN5O2S/c12-10-8-9(2-3-11(10)13)20(18,19)15-4-1-6-17-7-5-14-16-17/h2-3,5,7-8,15H,1,4,6,13H2. The van der Waals surface area contributed by atoms with Crippen molar-refractivity contribution >= 4 is 31.6 Å². The van der Waals surface area contributed by atoms with Crippen LogP contribution in [-0.2, 0) is 16.6 Å². The number of benzene rings is 1. The topological polar surface area (TPSA) is 103 Å². The highest BCUT2D eigenvalue weighted by Gasteiger charge is 2.14. The van der Waals surface area contributed by atoms with Gasteiger partial charge in [0.05, 0.1) is 11.1 Å². The molecule has 0 spiro atoms. The van der Waals surface area contributed by atoms with E-state index in [0.29, 0.717) is 29.7 Å². The van der Waals surface area contributed by atoms with Crippen molar-refractivity contribution in [2.75, 3.05) is 12.3 Å². The van der Waals surface area contributed by atoms with E-state index < -0.39 is 10.0 Å². The van der Waals surface area contributed by atoms with E-state index in [-0.39, 0.29) is 4.90 Å². The number of nitrogens with two attached hydrogens (primary N) is 1. The van der Waals surface area contributed by atoms with Gasteiger partial charge in [-0.25, -0.2) is 13.1 Å². The van der Waals surface area contributed by atoms with Crippen LogP contribution in [0.3, 0.4) is 0 Å². The van der Waals surface area contributed by atoms with Crippen LogP contribution in [0.25, 0.3) is 0 Å². The molecular weight excluding hydrogens is 346 g/mol. The smallest absolute Gasteiger partial charge is 0.240 e. The number of anilines is 1. The maximum absolute atomic E-state index is 12.0. The van der Waals surface area contributed by atoms with Crippen molar-refractivity contribution in [1.82, 2.24) is 19.7 Å². The zero-order valence-corrected chi connectivity index (χ0v) is 12.9. The summed E-state index contributed by atoms with van der Waals surface area (Å²) >= 11 is 3.21. The number of aryl methyl sites for hydroxylation is 1. The van der Waals surface area contributed by atoms with Crippen LogP contribution in [0.15, 0.2) is 40.0 Å². The lowest BCUT2D eigenvalue weighted by molar-refractivity contribution is 0.542. The largest absolute Gasteiger partial charge is 0.398 e. The molecule has 108 valence electrons. The molecule has 0 saturated carbocycles. The number of nitrogen functional groups attached to an aromatic ring is 1. The summed E-state index contributed by atoms with van der Waals surface area (Å²) in [4.78, 5) is 0.180. The zero-order chi connectivity index (χ0) is 14.6. The fourth-order valence-corrected chi connectivity index (χ4v) is 3.19. The Hall–Kier alpha value is -1.45. The Morgan fingerprint density at radius 1 is 1.40 bits per heavy atom. The average molecular weight is 360 g/mol. The minimum Gasteiger partial charge on any atom is -0.398 e. The molecule has 0 amide bonds. The Bertz CT molecular complexity index is 672. The summed E-state index contributed by atoms with van der Waals surface area (Å²) in [5.41, 5.74) is 6.13. The first kappa shape index (κ1) is 14.9. The summed E-state index contributed by atoms with van der Waals surface area (Å²) in [6, 6.07) is 4.50. The molecule has 0 bridgehead atoms. The number of nitrogens with zero attached hydrogens (tertiary/aromatic N) is 3. The molecule has 0 radical (unpaired) electrons. The third-order valence-corrected chi connectivity index (χ3v) is 4.76. The van der Waals surface area contributed by atoms with Crippen molar-refractivity contribution in [3.8, 4) is 0 Å². The molecule has 9 heteroatoms. The number of halogens is 1. The van der Waals surface area contributed by atoms with Crippen molar-refractivity contribution in [2.45, 2.75) is 17.9 Å². The SMILES string of the molecule is Nc1ccc(S(=O)(=O)NCCCn2ccnn2)cc1Br. The van der Waals surface area contributed by atoms with Crippen LogP contribution in [0.4, 0.5) is 5.69 Å². The minimum absolute atomic E-state index is 0.180. The molecule has 1 aromatic heterocycles. The molecule has 2 rings (SSSR count). The fourth-order valence-electron chi connectivity index (χ4n) is 1.56. The first-order valence-electron chi connectivity index (χ1n) is 5.88. The van der Waals surface area contributed by atoms with Gasteiger partial charge in [0.15, 0.2) is 0 Å². The highest BCUT2D eigenvalue weighted by molar-refractivity contribution is 9.10. The lowest BCUT2D eigenvalue weighted by Crippen LogP contribution is -2.25. The van der Waals surface area contributed by atoms with Crippen LogP contribution in [0.1, 0.15) is 6.42 Å². The molecule has 1 heterocycles. The number of sulfonamides is 1. The van der Waals surface area contributed by atoms with E-state index in [4.69, 9.17) is 5.73 Å². The molecular formula is C11H14BrN5O2S. The zero-order valence-electron chi connectivity index (χ0n) is 10.5. The second-order valence-corrected chi connectivity index (χ2v) is 6.72. The Labute approximate surface area is 125 Å². The highest BCUT2D eigenvalue weighted by atomic mass is 79.9. The lowest BCUT2D eigenvalue weighted by atomic mass is 10.3. The summed E-state index contributed by atoms with van der Waals surface area (Å²) in [5.74, 6) is 0. The van der Waals surface area contributed by atoms with Gasteiger partial charge in [-0.2, -0.15) is 0 Å². The van der Waals surface area contributed by atoms with Crippen molar-refractivity contribution in [2.24, 2.45) is 0 Å². The van der Waals surface area contributed by atoms with Gasteiger partial charge in [-0.1, -0.05) is 5.21 Å². The van der Waals surface area contributed by atoms with Gasteiger partial charge in [0.1, 0.15) is 0 Å². The van der Waals surface area contributed by atoms with Crippen LogP contribution in [-0.4, -0.2) is 30.0 Å². The van der Waals surface area contributed by atoms with E-state index in [1.807, 2.05) is 0 Å². The van der Waals surface area contributed by atoms with Gasteiger partial charge in [-0.05, 0) is 40.5 Å². The van der Waals surface area contributed by atoms with Crippen LogP contribution in [0.5, 0.6) is 0 Å². The van der Waals surface area contributed by atoms with Crippen molar-refractivity contribution in [3.63, 3.8) is 0 Å². The Balaban J connectivity index is 1.92. The summed E-state index contributed by atoms with van der Waals surface area (Å²) in [6.07, 6.45) is 3.93. The molecule has 1 aromatic carbocycles. The molecule has 0 unspecified atom stereocenters. The minimum atomic E-state index is -3.52. The quantitative estimate of drug-likeness (QED) is 0.591. The monoisotopic (exact) mass is 359 g/mol. The van der Waals surface area contributed by atoms with Gasteiger partial charge in [-0.15, -0.1) is 5.10 Å². The molecule has 20 heavy (non-hydrogen) atoms. The number of hydrogen-bond donors (Lipinski definition) is 2. The summed E-state index contributed by atoms with van der Waals surface area (Å²) < 4.78 is 28.8. The van der Waals surface area contributed by atoms with Gasteiger partial charge >= 0.3 is 0 Å². The number of nitrogens with one attached hydrogen (secondary N) is 1. The van der Waals surface area contributed by atoms with E-state index in [0.717, 1.165) is 0 Å². The maximum atomic E-state index is 12.0. The molecule has 0 aliphatic carbocycles. The van der Waals surface area contributed by atoms with Crippen molar-refractivity contribution in [3.05, 3.63) is 35.1 Å². The first-order valence-corrected chi connectivity index (χ1v) is 8.15. The average Bonchev–Trinajstić information content (AvgIpc) is 2.91. The summed E-state index contributed by atoms with van der Waals surface area (Å²) in [5, 5.41) is 7.47. The van der Waals surface area contributed by atoms with E-state index in [1.165, 1.54) is 12.1 Å². The molecule has 0 atom stereocenters. The molecule has 3 N–H and O–H groups in total. The van der Waals surface area contributed by atoms with Gasteiger partial charge in [-0.3, -0.25) is 4.68 Å². The highest BCUT2D eigenvalue weighted by Crippen LogP contribution is 2.22. The van der Waals surface area contributed by atoms with Crippen LogP contribution >= 0.6 is 15.9 Å². The van der Waals surface area contributed by atoms with Crippen molar-refractivity contribution in [1.29, 1.82) is 0 Å². The Morgan fingerprint density at radius 3 is 2.85 bits per heavy atom. The molecule has 7 nitrogen and oxygen atoms in total. The predicted octanol–water partition coefficient (Wildman–Crippen LogP) is 0.991. The van der Waals surface area contributed by atoms with Crippen LogP contribution in [0, 0.1) is 0 Å². The summed E-state index contributed by atoms with van der Waals surface area (Å²) in [7, 11) is -3.52. The predicted molar refractivity (Wildman–Crippen MR) is 78.4 cm³/mol. The van der Waals surface area contributed by atoms with Gasteiger partial charge in [0.2, 0.25) is 10.0 Å². The second-order valence-electron chi connectivity index (χ2n) is 4.10. The molecule has 2 aromatic rings. The lowest BCUT2D eigenvalue weighted by Gasteiger charge is -2.08. The maximum Gasteiger partial charge on any atom is 0.240 e. The molecule has 0 saturated heterocycles. The van der Waals surface area contributed by atoms with Crippen LogP contribution in [0.2, 0.25) is 0 Å². The van der Waals surface area contributed by atoms with E-state index in [9.17, 15) is 8.42 Å². The number of aromatic nitrogens is 3. The van der Waals surface area contributed by atoms with E-state index in [1.54, 1.807) is 23.1 Å². The van der Waals surface area contributed by atoms with E-state index >= 15 is 0 Å². The third-order valence-electron chi connectivity index (χ3n) is 2.61. The number of rotatable bonds is 6. The van der Waals surface area contributed by atoms with Crippen molar-refractivity contribution < 1.29 is 8.42 Å². The first-order chi connectivity index (χ1) is 9.49. The Kier molecular flexibility index (Phi) is 4.73. The number of hydrogen-bond acceptors (Lipinski definition) is 5. The van der Waals surface area contributed by atoms with Crippen LogP contribution < -0.4 is 10.5 Å². The second kappa shape index (κ2) is 6.33. The molecule has 0 aliphatic rings. The fraction of sp³-hybridized carbons (Fsp3) is 0.273. The summed E-state index contributed by atoms with van der Waals surface area (Å²) in [6.45, 7) is 0.929. The normalized spacial score (nSPS) is 11.7. The van der Waals surface area contributed by atoms with Gasteiger partial charge in [0, 0.05) is 29.4 Å². The third kappa shape index (κ3) is 3.78. The van der Waals surface area contributed by atoms with Gasteiger partial charge < -0.3 is 5.73 Å². The molecule has 0 fully saturated rings. The molecule has 0 aliphatic heterocycles. The van der Waals surface area contributed by atoms with E-state index in [2.05, 4.69) is 31.0 Å². The Morgan fingerprint density at radius 2 is 2.20 bits per heavy atom. The van der Waals surface area contributed by atoms with Gasteiger partial charge in [0.25, 0.3) is 0 Å².